The number of carboxylic acids is 1. The van der Waals surface area contributed by atoms with Crippen molar-refractivity contribution in [3.63, 3.8) is 0 Å². The first-order valence-corrected chi connectivity index (χ1v) is 7.25. The lowest BCUT2D eigenvalue weighted by Gasteiger charge is -2.09. The molecule has 0 fully saturated rings. The van der Waals surface area contributed by atoms with Crippen LogP contribution in [0.25, 0.3) is 0 Å². The Balaban J connectivity index is 2.25. The summed E-state index contributed by atoms with van der Waals surface area (Å²) < 4.78 is 0. The van der Waals surface area contributed by atoms with Crippen molar-refractivity contribution in [2.45, 2.75) is 13.3 Å². The van der Waals surface area contributed by atoms with Crippen molar-refractivity contribution in [1.29, 1.82) is 0 Å². The molecule has 1 N–H and O–H groups in total. The quantitative estimate of drug-likeness (QED) is 0.682. The van der Waals surface area contributed by atoms with Gasteiger partial charge in [-0.05, 0) is 35.6 Å². The van der Waals surface area contributed by atoms with E-state index < -0.39 is 5.97 Å². The Morgan fingerprint density at radius 3 is 2.85 bits per heavy atom. The van der Waals surface area contributed by atoms with Crippen molar-refractivity contribution in [2.75, 3.05) is 5.43 Å². The molecule has 104 valence electrons. The van der Waals surface area contributed by atoms with Gasteiger partial charge in [0.1, 0.15) is 0 Å². The topological polar surface area (TPSA) is 64.5 Å². The van der Waals surface area contributed by atoms with Crippen LogP contribution in [-0.4, -0.2) is 11.7 Å². The molecule has 2 aromatic rings. The molecule has 0 radical (unpaired) electrons. The fraction of sp³-hybridized carbons (Fsp3) is 0.143. The first-order valence-electron chi connectivity index (χ1n) is 5.99. The van der Waals surface area contributed by atoms with Gasteiger partial charge >= 0.3 is 0 Å². The Kier molecular flexibility index (Phi) is 4.76. The van der Waals surface area contributed by atoms with Crippen LogP contribution in [0.15, 0.2) is 40.8 Å². The summed E-state index contributed by atoms with van der Waals surface area (Å²) in [5.74, 6) is -1.25. The van der Waals surface area contributed by atoms with Crippen LogP contribution < -0.4 is 10.5 Å². The number of carbonyl (C=O) groups excluding carboxylic acids is 1. The van der Waals surface area contributed by atoms with Crippen molar-refractivity contribution in [3.05, 3.63) is 51.2 Å². The molecule has 4 nitrogen and oxygen atoms in total. The lowest BCUT2D eigenvalue weighted by Crippen LogP contribution is -2.22. The van der Waals surface area contributed by atoms with Crippen molar-refractivity contribution in [1.82, 2.24) is 0 Å². The zero-order valence-electron chi connectivity index (χ0n) is 10.7. The molecule has 0 aliphatic rings. The van der Waals surface area contributed by atoms with E-state index in [9.17, 15) is 9.90 Å². The number of rotatable bonds is 5. The van der Waals surface area contributed by atoms with E-state index in [0.717, 1.165) is 17.0 Å². The zero-order chi connectivity index (χ0) is 14.5. The van der Waals surface area contributed by atoms with Gasteiger partial charge in [-0.3, -0.25) is 5.43 Å². The lowest BCUT2D eigenvalue weighted by molar-refractivity contribution is -0.255. The second-order valence-corrected chi connectivity index (χ2v) is 5.34. The number of anilines is 1. The Hall–Kier alpha value is -1.85. The molecular weight excluding hydrogens is 296 g/mol. The van der Waals surface area contributed by atoms with Crippen LogP contribution in [0.5, 0.6) is 0 Å². The van der Waals surface area contributed by atoms with Crippen LogP contribution in [-0.2, 0) is 0 Å². The molecule has 2 rings (SSSR count). The smallest absolute Gasteiger partial charge is 0.0776 e. The average Bonchev–Trinajstić information content (AvgIpc) is 2.95. The number of carbonyl (C=O) groups is 1. The number of nitrogens with one attached hydrogen (secondary N) is 1. The van der Waals surface area contributed by atoms with Crippen molar-refractivity contribution < 1.29 is 9.90 Å². The van der Waals surface area contributed by atoms with Gasteiger partial charge in [-0.25, -0.2) is 0 Å². The van der Waals surface area contributed by atoms with E-state index in [4.69, 9.17) is 11.6 Å². The second kappa shape index (κ2) is 6.54. The van der Waals surface area contributed by atoms with E-state index in [2.05, 4.69) is 10.5 Å². The number of benzene rings is 1. The SMILES string of the molecule is CC/C(=N/Nc1cc(C(=O)[O-])ccc1Cl)c1cccs1. The van der Waals surface area contributed by atoms with Gasteiger partial charge in [0.2, 0.25) is 0 Å². The molecular formula is C14H12ClN2O2S-. The number of carboxylic acid groups (broad SMARTS) is 1. The number of halogens is 1. The van der Waals surface area contributed by atoms with Crippen molar-refractivity contribution >= 4 is 40.3 Å². The number of aromatic carboxylic acids is 1. The molecule has 0 unspecified atom stereocenters. The van der Waals surface area contributed by atoms with Gasteiger partial charge < -0.3 is 9.90 Å². The maximum absolute atomic E-state index is 10.8. The predicted molar refractivity (Wildman–Crippen MR) is 80.6 cm³/mol. The van der Waals surface area contributed by atoms with Crippen LogP contribution in [0.3, 0.4) is 0 Å². The Morgan fingerprint density at radius 2 is 2.25 bits per heavy atom. The lowest BCUT2D eigenvalue weighted by atomic mass is 10.2. The minimum Gasteiger partial charge on any atom is -0.545 e. The highest BCUT2D eigenvalue weighted by Crippen LogP contribution is 2.23. The number of hydrogen-bond acceptors (Lipinski definition) is 5. The van der Waals surface area contributed by atoms with Gasteiger partial charge in [-0.2, -0.15) is 5.10 Å². The maximum Gasteiger partial charge on any atom is 0.0776 e. The molecule has 0 amide bonds. The summed E-state index contributed by atoms with van der Waals surface area (Å²) in [5, 5.41) is 17.5. The monoisotopic (exact) mass is 307 g/mol. The third-order valence-electron chi connectivity index (χ3n) is 2.65. The van der Waals surface area contributed by atoms with E-state index >= 15 is 0 Å². The molecule has 1 aromatic carbocycles. The molecule has 0 bridgehead atoms. The minimum absolute atomic E-state index is 0.0567. The summed E-state index contributed by atoms with van der Waals surface area (Å²) in [7, 11) is 0. The summed E-state index contributed by atoms with van der Waals surface area (Å²) >= 11 is 7.61. The summed E-state index contributed by atoms with van der Waals surface area (Å²) in [5.41, 5.74) is 4.20. The molecule has 1 heterocycles. The first-order chi connectivity index (χ1) is 9.61. The van der Waals surface area contributed by atoms with Gasteiger partial charge in [0.25, 0.3) is 0 Å². The summed E-state index contributed by atoms with van der Waals surface area (Å²) in [6, 6.07) is 8.24. The second-order valence-electron chi connectivity index (χ2n) is 3.98. The molecule has 1 aromatic heterocycles. The zero-order valence-corrected chi connectivity index (χ0v) is 12.3. The minimum atomic E-state index is -1.25. The normalized spacial score (nSPS) is 11.4. The van der Waals surface area contributed by atoms with Gasteiger partial charge in [-0.1, -0.05) is 30.7 Å². The third-order valence-corrected chi connectivity index (χ3v) is 3.90. The first kappa shape index (κ1) is 14.6. The molecule has 0 saturated heterocycles. The Morgan fingerprint density at radius 1 is 1.45 bits per heavy atom. The standard InChI is InChI=1S/C14H13ClN2O2S/c1-2-11(13-4-3-7-20-13)16-17-12-8-9(14(18)19)5-6-10(12)15/h3-8,17H,2H2,1H3,(H,18,19)/p-1/b16-11-. The van der Waals surface area contributed by atoms with Crippen molar-refractivity contribution in [2.24, 2.45) is 5.10 Å². The predicted octanol–water partition coefficient (Wildman–Crippen LogP) is 2.99. The van der Waals surface area contributed by atoms with Crippen LogP contribution in [0, 0.1) is 0 Å². The highest BCUT2D eigenvalue weighted by molar-refractivity contribution is 7.12. The Bertz CT molecular complexity index is 639. The molecule has 0 atom stereocenters. The fourth-order valence-corrected chi connectivity index (χ4v) is 2.56. The van der Waals surface area contributed by atoms with Crippen molar-refractivity contribution in [3.8, 4) is 0 Å². The van der Waals surface area contributed by atoms with Gasteiger partial charge in [0.15, 0.2) is 0 Å². The summed E-state index contributed by atoms with van der Waals surface area (Å²) in [6.07, 6.45) is 0.755. The van der Waals surface area contributed by atoms with E-state index in [1.165, 1.54) is 18.2 Å². The van der Waals surface area contributed by atoms with Gasteiger partial charge in [-0.15, -0.1) is 11.3 Å². The molecule has 6 heteroatoms. The van der Waals surface area contributed by atoms with Crippen LogP contribution in [0.4, 0.5) is 5.69 Å². The van der Waals surface area contributed by atoms with E-state index in [1.54, 1.807) is 11.3 Å². The molecule has 20 heavy (non-hydrogen) atoms. The highest BCUT2D eigenvalue weighted by atomic mass is 35.5. The fourth-order valence-electron chi connectivity index (χ4n) is 1.62. The molecule has 0 spiro atoms. The molecule has 0 saturated carbocycles. The summed E-state index contributed by atoms with van der Waals surface area (Å²) in [4.78, 5) is 11.9. The van der Waals surface area contributed by atoms with E-state index in [1.807, 2.05) is 24.4 Å². The van der Waals surface area contributed by atoms with Crippen LogP contribution in [0.2, 0.25) is 5.02 Å². The third kappa shape index (κ3) is 3.37. The highest BCUT2D eigenvalue weighted by Gasteiger charge is 2.05. The Labute approximate surface area is 125 Å². The van der Waals surface area contributed by atoms with Crippen LogP contribution >= 0.6 is 22.9 Å². The molecule has 0 aliphatic carbocycles. The van der Waals surface area contributed by atoms with E-state index in [0.29, 0.717) is 10.7 Å². The number of hydrazone groups is 1. The number of nitrogens with zero attached hydrogens (tertiary/aromatic N) is 1. The maximum atomic E-state index is 10.8. The molecule has 0 aliphatic heterocycles. The largest absolute Gasteiger partial charge is 0.545 e. The summed E-state index contributed by atoms with van der Waals surface area (Å²) in [6.45, 7) is 2.00. The number of thiophene rings is 1. The van der Waals surface area contributed by atoms with Crippen LogP contribution in [0.1, 0.15) is 28.6 Å². The van der Waals surface area contributed by atoms with Gasteiger partial charge in [0.05, 0.1) is 27.3 Å². The number of hydrogen-bond donors (Lipinski definition) is 1. The average molecular weight is 308 g/mol. The van der Waals surface area contributed by atoms with Gasteiger partial charge in [0, 0.05) is 0 Å². The van der Waals surface area contributed by atoms with E-state index in [-0.39, 0.29) is 5.56 Å².